The van der Waals surface area contributed by atoms with E-state index >= 15 is 0 Å². The number of hydrogen-bond donors (Lipinski definition) is 4. The number of anilines is 2. The molecule has 1 saturated heterocycles. The third-order valence-corrected chi connectivity index (χ3v) is 8.81. The van der Waals surface area contributed by atoms with Crippen molar-refractivity contribution in [3.8, 4) is 17.2 Å². The van der Waals surface area contributed by atoms with Crippen LogP contribution in [0.1, 0.15) is 43.4 Å². The summed E-state index contributed by atoms with van der Waals surface area (Å²) in [5.74, 6) is -2.23. The molecule has 2 aromatic heterocycles. The number of amides is 1. The zero-order valence-corrected chi connectivity index (χ0v) is 26.4. The smallest absolute Gasteiger partial charge is 0.451 e. The van der Waals surface area contributed by atoms with Crippen LogP contribution in [-0.2, 0) is 20.9 Å². The third-order valence-electron chi connectivity index (χ3n) is 8.81. The van der Waals surface area contributed by atoms with Crippen LogP contribution in [0.2, 0.25) is 0 Å². The number of hydrogen-bond acceptors (Lipinski definition) is 11. The van der Waals surface area contributed by atoms with Gasteiger partial charge in [-0.05, 0) is 35.6 Å². The van der Waals surface area contributed by atoms with Crippen molar-refractivity contribution in [3.63, 3.8) is 0 Å². The molecule has 0 unspecified atom stereocenters. The Morgan fingerprint density at radius 1 is 1.16 bits per heavy atom. The largest absolute Gasteiger partial charge is 0.490 e. The van der Waals surface area contributed by atoms with E-state index in [1.165, 1.54) is 10.9 Å². The van der Waals surface area contributed by atoms with Gasteiger partial charge in [0, 0.05) is 32.1 Å². The highest BCUT2D eigenvalue weighted by Gasteiger charge is 2.51. The lowest BCUT2D eigenvalue weighted by Crippen LogP contribution is -2.45. The van der Waals surface area contributed by atoms with Crippen molar-refractivity contribution in [2.45, 2.75) is 69.2 Å². The Morgan fingerprint density at radius 2 is 1.92 bits per heavy atom. The summed E-state index contributed by atoms with van der Waals surface area (Å²) < 4.78 is 46.2. The van der Waals surface area contributed by atoms with E-state index in [2.05, 4.69) is 21.7 Å². The molecule has 3 heterocycles. The number of fused-ring (bicyclic) bond motifs is 1. The molecule has 1 amide bonds. The Bertz CT molecular complexity index is 1890. The SMILES string of the molecule is CCC(=O)N[C@H]1C[C@@H](n2cnc3c(NCc4ccc(-c5ccccc5C#N)cc4)nc(N4CC[C@@H](N)C4)nc32)[C@H](OC(=O)C(F)(F)F)[C@@H]1O. The zero-order valence-electron chi connectivity index (χ0n) is 26.4. The van der Waals surface area contributed by atoms with E-state index in [1.54, 1.807) is 19.1 Å². The van der Waals surface area contributed by atoms with Crippen molar-refractivity contribution in [1.82, 2.24) is 24.8 Å². The average molecular weight is 678 g/mol. The number of imidazole rings is 1. The maximum Gasteiger partial charge on any atom is 0.490 e. The second-order valence-corrected chi connectivity index (χ2v) is 12.1. The van der Waals surface area contributed by atoms with E-state index in [4.69, 9.17) is 20.4 Å². The molecule has 16 heteroatoms. The van der Waals surface area contributed by atoms with Gasteiger partial charge in [-0.15, -0.1) is 0 Å². The number of aliphatic hydroxyl groups excluding tert-OH is 1. The highest BCUT2D eigenvalue weighted by molar-refractivity contribution is 5.85. The van der Waals surface area contributed by atoms with Gasteiger partial charge in [0.1, 0.15) is 6.10 Å². The molecule has 0 radical (unpaired) electrons. The molecule has 6 rings (SSSR count). The van der Waals surface area contributed by atoms with Crippen LogP contribution >= 0.6 is 0 Å². The summed E-state index contributed by atoms with van der Waals surface area (Å²) in [5, 5.41) is 26.4. The summed E-state index contributed by atoms with van der Waals surface area (Å²) in [4.78, 5) is 40.0. The van der Waals surface area contributed by atoms with Crippen molar-refractivity contribution in [2.24, 2.45) is 5.73 Å². The number of benzene rings is 2. The Morgan fingerprint density at radius 3 is 2.59 bits per heavy atom. The van der Waals surface area contributed by atoms with Crippen molar-refractivity contribution < 1.29 is 32.6 Å². The van der Waals surface area contributed by atoms with Crippen LogP contribution in [0.4, 0.5) is 24.9 Å². The van der Waals surface area contributed by atoms with E-state index < -0.39 is 42.3 Å². The summed E-state index contributed by atoms with van der Waals surface area (Å²) in [7, 11) is 0. The number of halogens is 3. The molecule has 2 fully saturated rings. The molecule has 49 heavy (non-hydrogen) atoms. The van der Waals surface area contributed by atoms with Gasteiger partial charge in [0.15, 0.2) is 23.1 Å². The lowest BCUT2D eigenvalue weighted by atomic mass is 9.99. The maximum absolute atomic E-state index is 13.3. The van der Waals surface area contributed by atoms with Gasteiger partial charge in [-0.2, -0.15) is 28.4 Å². The number of aliphatic hydroxyl groups is 1. The van der Waals surface area contributed by atoms with Crippen molar-refractivity contribution in [3.05, 3.63) is 66.0 Å². The Kier molecular flexibility index (Phi) is 9.39. The number of nitrogens with zero attached hydrogens (tertiary/aromatic N) is 6. The zero-order chi connectivity index (χ0) is 34.9. The van der Waals surface area contributed by atoms with E-state index in [0.29, 0.717) is 48.9 Å². The van der Waals surface area contributed by atoms with Gasteiger partial charge in [0.25, 0.3) is 0 Å². The number of rotatable bonds is 9. The van der Waals surface area contributed by atoms with Gasteiger partial charge < -0.3 is 35.7 Å². The van der Waals surface area contributed by atoms with E-state index in [-0.39, 0.29) is 24.5 Å². The molecule has 13 nitrogen and oxygen atoms in total. The van der Waals surface area contributed by atoms with Crippen molar-refractivity contribution >= 4 is 34.8 Å². The first-order chi connectivity index (χ1) is 23.5. The molecule has 0 spiro atoms. The minimum Gasteiger partial charge on any atom is -0.451 e. The molecule has 1 saturated carbocycles. The summed E-state index contributed by atoms with van der Waals surface area (Å²) >= 11 is 0. The fraction of sp³-hybridized carbons (Fsp3) is 0.394. The first-order valence-electron chi connectivity index (χ1n) is 15.8. The first-order valence-corrected chi connectivity index (χ1v) is 15.8. The molecule has 1 aliphatic carbocycles. The second-order valence-electron chi connectivity index (χ2n) is 12.1. The number of nitrogens with one attached hydrogen (secondary N) is 2. The van der Waals surface area contributed by atoms with Gasteiger partial charge in [0.2, 0.25) is 11.9 Å². The fourth-order valence-corrected chi connectivity index (χ4v) is 6.26. The molecular formula is C33H34F3N9O4. The second kappa shape index (κ2) is 13.7. The standard InChI is InChI=1S/C33H34F3N9O4/c1-2-25(46)41-23-13-24(28(27(23)47)49-31(48)33(34,35)36)45-17-40-26-29(42-32(43-30(26)45)44-12-11-21(38)16-44)39-15-18-7-9-19(10-8-18)22-6-4-3-5-20(22)14-37/h3-10,17,21,23-24,27-28,47H,2,11-13,15-16,38H2,1H3,(H,41,46)(H,39,42,43)/t21-,23+,24-,27-,28+/m1/s1. The Balaban J connectivity index is 1.34. The van der Waals surface area contributed by atoms with Crippen LogP contribution in [0.5, 0.6) is 0 Å². The minimum atomic E-state index is -5.30. The average Bonchev–Trinajstić information content (AvgIpc) is 3.80. The Hall–Kier alpha value is -5.27. The van der Waals surface area contributed by atoms with Crippen LogP contribution in [0.25, 0.3) is 22.3 Å². The summed E-state index contributed by atoms with van der Waals surface area (Å²) in [6.45, 7) is 2.96. The molecule has 1 aliphatic heterocycles. The van der Waals surface area contributed by atoms with Gasteiger partial charge in [-0.3, -0.25) is 4.79 Å². The van der Waals surface area contributed by atoms with E-state index in [1.807, 2.05) is 41.3 Å². The van der Waals surface area contributed by atoms with Gasteiger partial charge >= 0.3 is 12.1 Å². The highest BCUT2D eigenvalue weighted by Crippen LogP contribution is 2.38. The maximum atomic E-state index is 13.3. The number of ether oxygens (including phenoxy) is 1. The molecule has 5 N–H and O–H groups in total. The number of nitrogens with two attached hydrogens (primary N) is 1. The van der Waals surface area contributed by atoms with E-state index in [0.717, 1.165) is 16.7 Å². The fourth-order valence-electron chi connectivity index (χ4n) is 6.26. The number of nitriles is 1. The van der Waals surface area contributed by atoms with Gasteiger partial charge in [-0.25, -0.2) is 9.78 Å². The van der Waals surface area contributed by atoms with Crippen LogP contribution < -0.4 is 21.3 Å². The highest BCUT2D eigenvalue weighted by atomic mass is 19.4. The summed E-state index contributed by atoms with van der Waals surface area (Å²) in [6, 6.07) is 15.0. The number of carbonyl (C=O) groups excluding carboxylic acids is 2. The number of esters is 1. The molecule has 0 bridgehead atoms. The van der Waals surface area contributed by atoms with Crippen LogP contribution in [0, 0.1) is 11.3 Å². The quantitative estimate of drug-likeness (QED) is 0.191. The monoisotopic (exact) mass is 677 g/mol. The lowest BCUT2D eigenvalue weighted by molar-refractivity contribution is -0.209. The molecule has 2 aliphatic rings. The predicted octanol–water partition coefficient (Wildman–Crippen LogP) is 3.19. The number of carbonyl (C=O) groups is 2. The van der Waals surface area contributed by atoms with E-state index in [9.17, 15) is 33.1 Å². The molecular weight excluding hydrogens is 643 g/mol. The minimum absolute atomic E-state index is 0.0634. The van der Waals surface area contributed by atoms with Gasteiger partial charge in [-0.1, -0.05) is 49.4 Å². The molecule has 5 atom stereocenters. The van der Waals surface area contributed by atoms with Gasteiger partial charge in [0.05, 0.1) is 30.0 Å². The van der Waals surface area contributed by atoms with Crippen LogP contribution in [0.3, 0.4) is 0 Å². The van der Waals surface area contributed by atoms with Crippen molar-refractivity contribution in [2.75, 3.05) is 23.3 Å². The van der Waals surface area contributed by atoms with Crippen molar-refractivity contribution in [1.29, 1.82) is 5.26 Å². The van der Waals surface area contributed by atoms with Crippen LogP contribution in [0.15, 0.2) is 54.9 Å². The topological polar surface area (TPSA) is 184 Å². The first kappa shape index (κ1) is 33.6. The Labute approximate surface area is 278 Å². The third kappa shape index (κ3) is 6.99. The number of aromatic nitrogens is 4. The normalized spacial score (nSPS) is 22.2. The summed E-state index contributed by atoms with van der Waals surface area (Å²) in [6.07, 6.45) is -6.55. The summed E-state index contributed by atoms with van der Waals surface area (Å²) in [5.41, 5.74) is 9.83. The molecule has 256 valence electrons. The van der Waals surface area contributed by atoms with Crippen LogP contribution in [-0.4, -0.2) is 80.1 Å². The molecule has 4 aromatic rings. The number of alkyl halides is 3. The predicted molar refractivity (Wildman–Crippen MR) is 172 cm³/mol. The lowest BCUT2D eigenvalue weighted by Gasteiger charge is -2.25. The molecule has 2 aromatic carbocycles.